The minimum atomic E-state index is -0.639. The van der Waals surface area contributed by atoms with Gasteiger partial charge in [0.05, 0.1) is 0 Å². The number of nitrogens with one attached hydrogen (secondary N) is 2. The third kappa shape index (κ3) is 5.09. The van der Waals surface area contributed by atoms with Gasteiger partial charge in [0.15, 0.2) is 0 Å². The van der Waals surface area contributed by atoms with Crippen molar-refractivity contribution in [2.75, 3.05) is 33.7 Å². The van der Waals surface area contributed by atoms with Crippen molar-refractivity contribution in [2.45, 2.75) is 19.4 Å². The smallest absolute Gasteiger partial charge is 0.309 e. The lowest BCUT2D eigenvalue weighted by Crippen LogP contribution is -2.51. The van der Waals surface area contributed by atoms with Crippen molar-refractivity contribution in [1.82, 2.24) is 15.5 Å². The van der Waals surface area contributed by atoms with Gasteiger partial charge in [-0.15, -0.1) is 0 Å². The maximum absolute atomic E-state index is 11.3. The summed E-state index contributed by atoms with van der Waals surface area (Å²) in [5.41, 5.74) is 5.02. The number of rotatable bonds is 5. The van der Waals surface area contributed by atoms with E-state index in [1.807, 2.05) is 32.8 Å². The quantitative estimate of drug-likeness (QED) is 0.503. The van der Waals surface area contributed by atoms with Gasteiger partial charge < -0.3 is 21.3 Å². The predicted molar refractivity (Wildman–Crippen MR) is 62.8 cm³/mol. The summed E-state index contributed by atoms with van der Waals surface area (Å²) in [6, 6.07) is 0. The molecule has 0 aromatic carbocycles. The Morgan fingerprint density at radius 3 is 2.12 bits per heavy atom. The van der Waals surface area contributed by atoms with E-state index >= 15 is 0 Å². The molecule has 0 aliphatic rings. The average Bonchev–Trinajstić information content (AvgIpc) is 2.22. The highest BCUT2D eigenvalue weighted by atomic mass is 16.2. The first-order chi connectivity index (χ1) is 7.31. The molecular weight excluding hydrogens is 208 g/mol. The van der Waals surface area contributed by atoms with Gasteiger partial charge in [-0.05, 0) is 27.9 Å². The topological polar surface area (TPSA) is 87.5 Å². The summed E-state index contributed by atoms with van der Waals surface area (Å²) in [5, 5.41) is 4.99. The Labute approximate surface area is 96.5 Å². The Balaban J connectivity index is 4.02. The molecule has 0 aliphatic carbocycles. The fourth-order valence-corrected chi connectivity index (χ4v) is 0.801. The van der Waals surface area contributed by atoms with Crippen LogP contribution >= 0.6 is 0 Å². The Kier molecular flexibility index (Phi) is 5.98. The van der Waals surface area contributed by atoms with Gasteiger partial charge in [-0.3, -0.25) is 9.59 Å². The lowest BCUT2D eigenvalue weighted by Gasteiger charge is -2.32. The van der Waals surface area contributed by atoms with Crippen LogP contribution in [0.15, 0.2) is 0 Å². The van der Waals surface area contributed by atoms with E-state index in [0.29, 0.717) is 19.6 Å². The van der Waals surface area contributed by atoms with E-state index in [2.05, 4.69) is 10.6 Å². The molecule has 0 spiro atoms. The summed E-state index contributed by atoms with van der Waals surface area (Å²) in [4.78, 5) is 24.5. The van der Waals surface area contributed by atoms with E-state index in [0.717, 1.165) is 0 Å². The number of carbonyl (C=O) groups is 2. The molecule has 6 heteroatoms. The van der Waals surface area contributed by atoms with Gasteiger partial charge in [0.25, 0.3) is 0 Å². The fourth-order valence-electron chi connectivity index (χ4n) is 0.801. The molecular formula is C10H22N4O2. The highest BCUT2D eigenvalue weighted by molar-refractivity contribution is 6.35. The minimum absolute atomic E-state index is 0.191. The van der Waals surface area contributed by atoms with Crippen molar-refractivity contribution >= 4 is 11.8 Å². The molecule has 0 rings (SSSR count). The lowest BCUT2D eigenvalue weighted by atomic mass is 10.0. The summed E-state index contributed by atoms with van der Waals surface area (Å²) in [6.45, 7) is 5.00. The fraction of sp³-hybridized carbons (Fsp3) is 0.800. The Hall–Kier alpha value is -1.14. The predicted octanol–water partition coefficient (Wildman–Crippen LogP) is -1.48. The molecule has 0 aromatic rings. The molecule has 4 N–H and O–H groups in total. The van der Waals surface area contributed by atoms with Crippen molar-refractivity contribution in [1.29, 1.82) is 0 Å². The summed E-state index contributed by atoms with van der Waals surface area (Å²) < 4.78 is 0. The summed E-state index contributed by atoms with van der Waals surface area (Å²) in [6.07, 6.45) is 0. The molecule has 0 heterocycles. The minimum Gasteiger partial charge on any atom is -0.347 e. The summed E-state index contributed by atoms with van der Waals surface area (Å²) in [7, 11) is 3.83. The van der Waals surface area contributed by atoms with Crippen molar-refractivity contribution < 1.29 is 9.59 Å². The first-order valence-corrected chi connectivity index (χ1v) is 5.25. The molecule has 6 nitrogen and oxygen atoms in total. The maximum atomic E-state index is 11.3. The molecule has 0 fully saturated rings. The molecule has 0 aliphatic heterocycles. The number of nitrogens with two attached hydrogens (primary N) is 1. The van der Waals surface area contributed by atoms with Gasteiger partial charge >= 0.3 is 11.8 Å². The monoisotopic (exact) mass is 230 g/mol. The van der Waals surface area contributed by atoms with Crippen molar-refractivity contribution in [3.63, 3.8) is 0 Å². The van der Waals surface area contributed by atoms with Crippen LogP contribution in [0.5, 0.6) is 0 Å². The highest BCUT2D eigenvalue weighted by Crippen LogP contribution is 2.07. The molecule has 0 aromatic heterocycles. The second-order valence-corrected chi connectivity index (χ2v) is 4.43. The van der Waals surface area contributed by atoms with Crippen molar-refractivity contribution in [3.8, 4) is 0 Å². The van der Waals surface area contributed by atoms with Gasteiger partial charge in [0.2, 0.25) is 0 Å². The van der Waals surface area contributed by atoms with E-state index in [9.17, 15) is 9.59 Å². The Morgan fingerprint density at radius 2 is 1.69 bits per heavy atom. The Bertz CT molecular complexity index is 251. The second-order valence-electron chi connectivity index (χ2n) is 4.43. The normalized spacial score (nSPS) is 11.4. The zero-order valence-electron chi connectivity index (χ0n) is 10.5. The molecule has 94 valence electrons. The Morgan fingerprint density at radius 1 is 1.19 bits per heavy atom. The van der Waals surface area contributed by atoms with Gasteiger partial charge in [-0.1, -0.05) is 0 Å². The largest absolute Gasteiger partial charge is 0.347 e. The summed E-state index contributed by atoms with van der Waals surface area (Å²) >= 11 is 0. The molecule has 0 saturated heterocycles. The molecule has 2 amide bonds. The van der Waals surface area contributed by atoms with Crippen LogP contribution in [0.2, 0.25) is 0 Å². The standard InChI is InChI=1S/C10H22N4O2/c1-10(2,14(3)4)7-13-9(16)8(15)12-6-5-11/h5-7,11H2,1-4H3,(H,12,15)(H,13,16). The van der Waals surface area contributed by atoms with Crippen LogP contribution in [-0.4, -0.2) is 56.0 Å². The van der Waals surface area contributed by atoms with Crippen LogP contribution in [0.4, 0.5) is 0 Å². The molecule has 0 unspecified atom stereocenters. The van der Waals surface area contributed by atoms with Gasteiger partial charge in [0.1, 0.15) is 0 Å². The number of hydrogen-bond donors (Lipinski definition) is 3. The number of hydrogen-bond acceptors (Lipinski definition) is 4. The first kappa shape index (κ1) is 14.9. The maximum Gasteiger partial charge on any atom is 0.309 e. The second kappa shape index (κ2) is 6.44. The van der Waals surface area contributed by atoms with Crippen LogP contribution in [-0.2, 0) is 9.59 Å². The van der Waals surface area contributed by atoms with E-state index in [-0.39, 0.29) is 5.54 Å². The van der Waals surface area contributed by atoms with E-state index in [1.165, 1.54) is 0 Å². The molecule has 16 heavy (non-hydrogen) atoms. The van der Waals surface area contributed by atoms with Crippen molar-refractivity contribution in [3.05, 3.63) is 0 Å². The third-order valence-corrected chi connectivity index (χ3v) is 2.53. The van der Waals surface area contributed by atoms with Gasteiger partial charge in [-0.2, -0.15) is 0 Å². The number of likely N-dealkylation sites (N-methyl/N-ethyl adjacent to an activating group) is 1. The average molecular weight is 230 g/mol. The zero-order valence-corrected chi connectivity index (χ0v) is 10.5. The van der Waals surface area contributed by atoms with Crippen LogP contribution in [0.3, 0.4) is 0 Å². The van der Waals surface area contributed by atoms with Crippen LogP contribution in [0.25, 0.3) is 0 Å². The van der Waals surface area contributed by atoms with Crippen molar-refractivity contribution in [2.24, 2.45) is 5.73 Å². The molecule has 0 atom stereocenters. The number of nitrogens with zero attached hydrogens (tertiary/aromatic N) is 1. The van der Waals surface area contributed by atoms with E-state index in [1.54, 1.807) is 0 Å². The lowest BCUT2D eigenvalue weighted by molar-refractivity contribution is -0.139. The van der Waals surface area contributed by atoms with Crippen LogP contribution in [0.1, 0.15) is 13.8 Å². The van der Waals surface area contributed by atoms with Gasteiger partial charge in [0, 0.05) is 25.2 Å². The SMILES string of the molecule is CN(C)C(C)(C)CNC(=O)C(=O)NCCN. The molecule has 0 radical (unpaired) electrons. The first-order valence-electron chi connectivity index (χ1n) is 5.25. The number of amides is 2. The van der Waals surface area contributed by atoms with E-state index < -0.39 is 11.8 Å². The third-order valence-electron chi connectivity index (χ3n) is 2.53. The van der Waals surface area contributed by atoms with E-state index in [4.69, 9.17) is 5.73 Å². The number of carbonyl (C=O) groups excluding carboxylic acids is 2. The summed E-state index contributed by atoms with van der Waals surface area (Å²) in [5.74, 6) is -1.26. The van der Waals surface area contributed by atoms with Gasteiger partial charge in [-0.25, -0.2) is 0 Å². The van der Waals surface area contributed by atoms with Crippen LogP contribution in [0, 0.1) is 0 Å². The molecule has 0 bridgehead atoms. The highest BCUT2D eigenvalue weighted by Gasteiger charge is 2.22. The zero-order chi connectivity index (χ0) is 12.8. The van der Waals surface area contributed by atoms with Crippen LogP contribution < -0.4 is 16.4 Å². The molecule has 0 saturated carbocycles.